The second-order valence-corrected chi connectivity index (χ2v) is 5.37. The van der Waals surface area contributed by atoms with Gasteiger partial charge in [0.15, 0.2) is 0 Å². The normalized spacial score (nSPS) is 17.2. The van der Waals surface area contributed by atoms with Crippen molar-refractivity contribution in [2.24, 2.45) is 0 Å². The van der Waals surface area contributed by atoms with Crippen LogP contribution < -0.4 is 15.0 Å². The number of imide groups is 1. The zero-order valence-corrected chi connectivity index (χ0v) is 13.2. The summed E-state index contributed by atoms with van der Waals surface area (Å²) in [4.78, 5) is 25.9. The standard InChI is InChI=1S/C18H17FN2O3/c1-2-24-16-6-4-3-5-14(16)20-15-11-17(22)21(18(15)23)13-9-7-12(19)8-10-13/h3-10,15,20H,2,11H2,1H3/t15-/m1/s1. The molecule has 3 rings (SSSR count). The second-order valence-electron chi connectivity index (χ2n) is 5.37. The van der Waals surface area contributed by atoms with Crippen LogP contribution in [0.5, 0.6) is 5.75 Å². The fourth-order valence-corrected chi connectivity index (χ4v) is 2.66. The number of benzene rings is 2. The van der Waals surface area contributed by atoms with E-state index in [2.05, 4.69) is 5.32 Å². The van der Waals surface area contributed by atoms with Crippen LogP contribution in [0.3, 0.4) is 0 Å². The van der Waals surface area contributed by atoms with Gasteiger partial charge in [-0.3, -0.25) is 9.59 Å². The lowest BCUT2D eigenvalue weighted by Crippen LogP contribution is -2.34. The van der Waals surface area contributed by atoms with E-state index in [0.29, 0.717) is 23.7 Å². The van der Waals surface area contributed by atoms with E-state index in [0.717, 1.165) is 4.90 Å². The Morgan fingerprint density at radius 3 is 2.58 bits per heavy atom. The van der Waals surface area contributed by atoms with Crippen molar-refractivity contribution in [3.8, 4) is 5.75 Å². The van der Waals surface area contributed by atoms with E-state index in [1.165, 1.54) is 24.3 Å². The molecule has 0 bridgehead atoms. The van der Waals surface area contributed by atoms with Crippen molar-refractivity contribution >= 4 is 23.2 Å². The molecule has 1 saturated heterocycles. The van der Waals surface area contributed by atoms with Gasteiger partial charge in [0.05, 0.1) is 24.4 Å². The number of nitrogens with one attached hydrogen (secondary N) is 1. The van der Waals surface area contributed by atoms with Gasteiger partial charge in [0.2, 0.25) is 5.91 Å². The number of nitrogens with zero attached hydrogens (tertiary/aromatic N) is 1. The first-order valence-corrected chi connectivity index (χ1v) is 7.71. The molecule has 1 N–H and O–H groups in total. The second kappa shape index (κ2) is 6.70. The highest BCUT2D eigenvalue weighted by Crippen LogP contribution is 2.29. The van der Waals surface area contributed by atoms with E-state index in [4.69, 9.17) is 4.74 Å². The van der Waals surface area contributed by atoms with Crippen LogP contribution >= 0.6 is 0 Å². The summed E-state index contributed by atoms with van der Waals surface area (Å²) in [6.45, 7) is 2.37. The first kappa shape index (κ1) is 16.0. The molecule has 1 heterocycles. The van der Waals surface area contributed by atoms with Crippen LogP contribution in [0.25, 0.3) is 0 Å². The summed E-state index contributed by atoms with van der Waals surface area (Å²) in [7, 11) is 0. The monoisotopic (exact) mass is 328 g/mol. The minimum Gasteiger partial charge on any atom is -0.492 e. The minimum absolute atomic E-state index is 0.0384. The molecule has 0 spiro atoms. The molecule has 0 saturated carbocycles. The largest absolute Gasteiger partial charge is 0.492 e. The van der Waals surface area contributed by atoms with Gasteiger partial charge in [0.1, 0.15) is 17.6 Å². The van der Waals surface area contributed by atoms with Gasteiger partial charge in [0, 0.05) is 0 Å². The molecule has 6 heteroatoms. The Bertz CT molecular complexity index is 761. The molecular weight excluding hydrogens is 311 g/mol. The van der Waals surface area contributed by atoms with Gasteiger partial charge in [-0.25, -0.2) is 9.29 Å². The number of carbonyl (C=O) groups is 2. The Kier molecular flexibility index (Phi) is 4.46. The summed E-state index contributed by atoms with van der Waals surface area (Å²) in [5.41, 5.74) is 1.03. The molecule has 2 aromatic carbocycles. The van der Waals surface area contributed by atoms with Crippen molar-refractivity contribution < 1.29 is 18.7 Å². The van der Waals surface area contributed by atoms with Crippen LogP contribution in [0.15, 0.2) is 48.5 Å². The molecule has 2 aromatic rings. The summed E-state index contributed by atoms with van der Waals surface area (Å²) in [5, 5.41) is 3.07. The first-order valence-electron chi connectivity index (χ1n) is 7.71. The molecule has 0 aliphatic carbocycles. The smallest absolute Gasteiger partial charge is 0.256 e. The summed E-state index contributed by atoms with van der Waals surface area (Å²) >= 11 is 0. The molecule has 0 radical (unpaired) electrons. The molecule has 1 aliphatic rings. The van der Waals surface area contributed by atoms with Gasteiger partial charge in [-0.1, -0.05) is 12.1 Å². The number of hydrogen-bond acceptors (Lipinski definition) is 4. The number of hydrogen-bond donors (Lipinski definition) is 1. The Balaban J connectivity index is 1.81. The average molecular weight is 328 g/mol. The number of para-hydroxylation sites is 2. The Morgan fingerprint density at radius 1 is 1.17 bits per heavy atom. The van der Waals surface area contributed by atoms with Crippen molar-refractivity contribution in [1.29, 1.82) is 0 Å². The predicted molar refractivity (Wildman–Crippen MR) is 88.5 cm³/mol. The zero-order chi connectivity index (χ0) is 17.1. The maximum absolute atomic E-state index is 13.0. The first-order chi connectivity index (χ1) is 11.6. The third kappa shape index (κ3) is 3.08. The van der Waals surface area contributed by atoms with Gasteiger partial charge >= 0.3 is 0 Å². The summed E-state index contributed by atoms with van der Waals surface area (Å²) in [6.07, 6.45) is 0.0384. The SMILES string of the molecule is CCOc1ccccc1N[C@@H]1CC(=O)N(c2ccc(F)cc2)C1=O. The summed E-state index contributed by atoms with van der Waals surface area (Å²) < 4.78 is 18.6. The zero-order valence-electron chi connectivity index (χ0n) is 13.2. The van der Waals surface area contributed by atoms with Crippen LogP contribution in [0.2, 0.25) is 0 Å². The van der Waals surface area contributed by atoms with Crippen LogP contribution in [0, 0.1) is 5.82 Å². The molecule has 1 atom stereocenters. The molecular formula is C18H17FN2O3. The van der Waals surface area contributed by atoms with E-state index < -0.39 is 11.9 Å². The van der Waals surface area contributed by atoms with E-state index in [1.807, 2.05) is 19.1 Å². The van der Waals surface area contributed by atoms with E-state index >= 15 is 0 Å². The summed E-state index contributed by atoms with van der Waals surface area (Å²) in [5.74, 6) is -0.477. The quantitative estimate of drug-likeness (QED) is 0.857. The molecule has 1 fully saturated rings. The van der Waals surface area contributed by atoms with Crippen molar-refractivity contribution in [2.45, 2.75) is 19.4 Å². The van der Waals surface area contributed by atoms with Gasteiger partial charge < -0.3 is 10.1 Å². The highest BCUT2D eigenvalue weighted by atomic mass is 19.1. The Morgan fingerprint density at radius 2 is 1.88 bits per heavy atom. The lowest BCUT2D eigenvalue weighted by Gasteiger charge is -2.17. The third-order valence-corrected chi connectivity index (χ3v) is 3.75. The molecule has 124 valence electrons. The van der Waals surface area contributed by atoms with Crippen LogP contribution in [0.4, 0.5) is 15.8 Å². The van der Waals surface area contributed by atoms with Crippen molar-refractivity contribution in [3.63, 3.8) is 0 Å². The van der Waals surface area contributed by atoms with Crippen molar-refractivity contribution in [3.05, 3.63) is 54.3 Å². The highest BCUT2D eigenvalue weighted by molar-refractivity contribution is 6.23. The lowest BCUT2D eigenvalue weighted by molar-refractivity contribution is -0.121. The van der Waals surface area contributed by atoms with Gasteiger partial charge in [-0.15, -0.1) is 0 Å². The van der Waals surface area contributed by atoms with Crippen LogP contribution in [-0.4, -0.2) is 24.5 Å². The molecule has 1 aliphatic heterocycles. The number of halogens is 1. The Hall–Kier alpha value is -2.89. The predicted octanol–water partition coefficient (Wildman–Crippen LogP) is 2.97. The average Bonchev–Trinajstić information content (AvgIpc) is 2.85. The number of rotatable bonds is 5. The highest BCUT2D eigenvalue weighted by Gasteiger charge is 2.39. The van der Waals surface area contributed by atoms with Gasteiger partial charge in [0.25, 0.3) is 5.91 Å². The van der Waals surface area contributed by atoms with E-state index in [-0.39, 0.29) is 18.2 Å². The van der Waals surface area contributed by atoms with Crippen molar-refractivity contribution in [2.75, 3.05) is 16.8 Å². The summed E-state index contributed by atoms with van der Waals surface area (Å²) in [6, 6.07) is 11.9. The van der Waals surface area contributed by atoms with Gasteiger partial charge in [-0.2, -0.15) is 0 Å². The van der Waals surface area contributed by atoms with Crippen LogP contribution in [0.1, 0.15) is 13.3 Å². The molecule has 24 heavy (non-hydrogen) atoms. The number of carbonyl (C=O) groups excluding carboxylic acids is 2. The minimum atomic E-state index is -0.677. The lowest BCUT2D eigenvalue weighted by atomic mass is 10.2. The number of anilines is 2. The molecule has 0 unspecified atom stereocenters. The fourth-order valence-electron chi connectivity index (χ4n) is 2.66. The topological polar surface area (TPSA) is 58.6 Å². The molecule has 5 nitrogen and oxygen atoms in total. The van der Waals surface area contributed by atoms with E-state index in [9.17, 15) is 14.0 Å². The Labute approximate surface area is 139 Å². The van der Waals surface area contributed by atoms with E-state index in [1.54, 1.807) is 12.1 Å². The maximum Gasteiger partial charge on any atom is 0.256 e. The third-order valence-electron chi connectivity index (χ3n) is 3.75. The maximum atomic E-state index is 13.0. The van der Waals surface area contributed by atoms with Crippen molar-refractivity contribution in [1.82, 2.24) is 0 Å². The van der Waals surface area contributed by atoms with Gasteiger partial charge in [-0.05, 0) is 43.3 Å². The molecule has 2 amide bonds. The number of ether oxygens (including phenoxy) is 1. The fraction of sp³-hybridized carbons (Fsp3) is 0.222. The van der Waals surface area contributed by atoms with Crippen LogP contribution in [-0.2, 0) is 9.59 Å². The molecule has 0 aromatic heterocycles. The number of amides is 2.